The lowest BCUT2D eigenvalue weighted by atomic mass is 10.0. The van der Waals surface area contributed by atoms with Crippen LogP contribution in [-0.2, 0) is 24.4 Å². The van der Waals surface area contributed by atoms with Crippen LogP contribution in [0.1, 0.15) is 49.7 Å². The van der Waals surface area contributed by atoms with Gasteiger partial charge in [0.05, 0.1) is 25.4 Å². The maximum atomic E-state index is 12.8. The molecule has 2 aliphatic heterocycles. The molecule has 0 radical (unpaired) electrons. The van der Waals surface area contributed by atoms with Gasteiger partial charge in [-0.25, -0.2) is 4.68 Å². The Morgan fingerprint density at radius 2 is 2.04 bits per heavy atom. The van der Waals surface area contributed by atoms with Crippen molar-refractivity contribution in [1.82, 2.24) is 19.2 Å². The summed E-state index contributed by atoms with van der Waals surface area (Å²) in [5, 5.41) is 4.50. The van der Waals surface area contributed by atoms with Crippen LogP contribution in [0.5, 0.6) is 0 Å². The summed E-state index contributed by atoms with van der Waals surface area (Å²) in [7, 11) is 0. The third-order valence-electron chi connectivity index (χ3n) is 6.15. The van der Waals surface area contributed by atoms with Crippen molar-refractivity contribution in [3.8, 4) is 0 Å². The number of aromatic nitrogens is 3. The predicted molar refractivity (Wildman–Crippen MR) is 96.4 cm³/mol. The van der Waals surface area contributed by atoms with Crippen molar-refractivity contribution >= 4 is 0 Å². The molecule has 144 valence electrons. The van der Waals surface area contributed by atoms with Gasteiger partial charge in [0.15, 0.2) is 5.82 Å². The van der Waals surface area contributed by atoms with Gasteiger partial charge >= 0.3 is 11.1 Å². The van der Waals surface area contributed by atoms with E-state index in [1.165, 1.54) is 4.68 Å². The van der Waals surface area contributed by atoms with E-state index in [-0.39, 0.29) is 12.6 Å². The smallest absolute Gasteiger partial charge is 0.332 e. The first-order valence-electron chi connectivity index (χ1n) is 9.75. The molecule has 0 N–H and O–H groups in total. The maximum Gasteiger partial charge on any atom is 0.332 e. The molecule has 1 saturated heterocycles. The number of furan rings is 1. The number of fused-ring (bicyclic) bond motifs is 1. The maximum absolute atomic E-state index is 12.8. The molecule has 2 aromatic heterocycles. The van der Waals surface area contributed by atoms with Crippen molar-refractivity contribution in [2.75, 3.05) is 13.1 Å². The molecule has 0 bridgehead atoms. The molecule has 1 aliphatic carbocycles. The second-order valence-corrected chi connectivity index (χ2v) is 8.01. The van der Waals surface area contributed by atoms with Crippen molar-refractivity contribution in [1.29, 1.82) is 0 Å². The lowest BCUT2D eigenvalue weighted by Gasteiger charge is -2.35. The quantitative estimate of drug-likeness (QED) is 0.755. The van der Waals surface area contributed by atoms with Gasteiger partial charge in [-0.2, -0.15) is 5.10 Å². The highest BCUT2D eigenvalue weighted by Crippen LogP contribution is 2.32. The zero-order valence-corrected chi connectivity index (χ0v) is 15.3. The molecule has 0 aromatic carbocycles. The fraction of sp³-hybridized carbons (Fsp3) is 0.632. The summed E-state index contributed by atoms with van der Waals surface area (Å²) in [6, 6.07) is 3.90. The number of hydrogen-bond acceptors (Lipinski definition) is 6. The van der Waals surface area contributed by atoms with E-state index in [0.29, 0.717) is 18.9 Å². The first kappa shape index (κ1) is 16.9. The monoisotopic (exact) mass is 372 g/mol. The van der Waals surface area contributed by atoms with Gasteiger partial charge in [-0.05, 0) is 31.4 Å². The minimum Gasteiger partial charge on any atom is -0.468 e. The van der Waals surface area contributed by atoms with Crippen molar-refractivity contribution in [2.24, 2.45) is 0 Å². The minimum atomic E-state index is -0.492. The summed E-state index contributed by atoms with van der Waals surface area (Å²) in [4.78, 5) is 27.7. The predicted octanol–water partition coefficient (Wildman–Crippen LogP) is 1.29. The average Bonchev–Trinajstić information content (AvgIpc) is 3.42. The minimum absolute atomic E-state index is 0.0576. The first-order valence-corrected chi connectivity index (χ1v) is 9.75. The molecule has 2 aromatic rings. The van der Waals surface area contributed by atoms with E-state index in [1.807, 2.05) is 12.1 Å². The third-order valence-corrected chi connectivity index (χ3v) is 6.15. The van der Waals surface area contributed by atoms with Gasteiger partial charge in [0, 0.05) is 13.1 Å². The van der Waals surface area contributed by atoms with Gasteiger partial charge in [-0.15, -0.1) is 0 Å². The van der Waals surface area contributed by atoms with E-state index in [9.17, 15) is 9.59 Å². The molecule has 5 rings (SSSR count). The van der Waals surface area contributed by atoms with E-state index in [4.69, 9.17) is 9.15 Å². The Kier molecular flexibility index (Phi) is 4.05. The topological polar surface area (TPSA) is 82.5 Å². The highest BCUT2D eigenvalue weighted by Gasteiger charge is 2.43. The van der Waals surface area contributed by atoms with E-state index < -0.39 is 16.7 Å². The molecular formula is C19H24N4O4. The first-order chi connectivity index (χ1) is 13.1. The van der Waals surface area contributed by atoms with Gasteiger partial charge < -0.3 is 9.15 Å². The zero-order chi connectivity index (χ0) is 18.4. The van der Waals surface area contributed by atoms with Crippen LogP contribution >= 0.6 is 0 Å². The molecule has 4 heterocycles. The Balaban J connectivity index is 1.39. The van der Waals surface area contributed by atoms with Gasteiger partial charge in [0.2, 0.25) is 0 Å². The van der Waals surface area contributed by atoms with Gasteiger partial charge in [-0.1, -0.05) is 12.8 Å². The van der Waals surface area contributed by atoms with E-state index in [1.54, 1.807) is 10.8 Å². The van der Waals surface area contributed by atoms with Crippen molar-refractivity contribution in [2.45, 2.75) is 63.4 Å². The number of ether oxygens (including phenoxy) is 1. The third kappa shape index (κ3) is 2.96. The molecule has 0 unspecified atom stereocenters. The fourth-order valence-electron chi connectivity index (χ4n) is 4.70. The second kappa shape index (κ2) is 6.45. The van der Waals surface area contributed by atoms with Crippen molar-refractivity contribution in [3.63, 3.8) is 0 Å². The zero-order valence-electron chi connectivity index (χ0n) is 15.3. The molecule has 8 nitrogen and oxygen atoms in total. The molecule has 1 spiro atoms. The Hall–Kier alpha value is -2.19. The van der Waals surface area contributed by atoms with E-state index in [2.05, 4.69) is 10.00 Å². The highest BCUT2D eigenvalue weighted by atomic mass is 16.5. The summed E-state index contributed by atoms with van der Waals surface area (Å²) < 4.78 is 14.6. The van der Waals surface area contributed by atoms with Crippen molar-refractivity contribution < 1.29 is 9.15 Å². The number of hydrogen-bond donors (Lipinski definition) is 0. The van der Waals surface area contributed by atoms with Crippen LogP contribution in [0.2, 0.25) is 0 Å². The van der Waals surface area contributed by atoms with Crippen LogP contribution in [0.25, 0.3) is 0 Å². The highest BCUT2D eigenvalue weighted by molar-refractivity contribution is 5.04. The van der Waals surface area contributed by atoms with Crippen LogP contribution in [0, 0.1) is 0 Å². The average molecular weight is 372 g/mol. The Morgan fingerprint density at radius 3 is 2.81 bits per heavy atom. The van der Waals surface area contributed by atoms with Crippen molar-refractivity contribution in [3.05, 3.63) is 50.7 Å². The molecule has 8 heteroatoms. The Bertz CT molecular complexity index is 942. The lowest BCUT2D eigenvalue weighted by Crippen LogP contribution is -2.53. The molecule has 2 fully saturated rings. The number of likely N-dealkylation sites (tertiary alicyclic amines) is 1. The summed E-state index contributed by atoms with van der Waals surface area (Å²) in [6.45, 7) is 2.98. The molecule has 1 saturated carbocycles. The molecule has 0 amide bonds. The number of rotatable bonds is 3. The summed E-state index contributed by atoms with van der Waals surface area (Å²) >= 11 is 0. The van der Waals surface area contributed by atoms with Crippen LogP contribution in [0.4, 0.5) is 0 Å². The second-order valence-electron chi connectivity index (χ2n) is 8.01. The molecule has 27 heavy (non-hydrogen) atoms. The Morgan fingerprint density at radius 1 is 1.19 bits per heavy atom. The standard InChI is InChI=1S/C19H24N4O4/c24-17-18(25)23(14-4-1-2-5-14)20-16-11-27-19(13-22(16)17)7-8-21(12-19)10-15-6-3-9-26-15/h3,6,9,14H,1-2,4-5,7-8,10-13H2/t19-/m1/s1. The molecular weight excluding hydrogens is 348 g/mol. The summed E-state index contributed by atoms with van der Waals surface area (Å²) in [5.74, 6) is 1.49. The summed E-state index contributed by atoms with van der Waals surface area (Å²) in [5.41, 5.74) is -1.39. The van der Waals surface area contributed by atoms with E-state index in [0.717, 1.165) is 51.0 Å². The molecule has 1 atom stereocenters. The number of nitrogens with zero attached hydrogens (tertiary/aromatic N) is 4. The van der Waals surface area contributed by atoms with E-state index >= 15 is 0 Å². The van der Waals surface area contributed by atoms with Gasteiger partial charge in [0.25, 0.3) is 0 Å². The SMILES string of the molecule is O=c1c(=O)n2c(nn1C1CCCC1)CO[C@@]1(CCN(Cc3ccco3)C1)C2. The van der Waals surface area contributed by atoms with Crippen LogP contribution in [0.15, 0.2) is 32.4 Å². The lowest BCUT2D eigenvalue weighted by molar-refractivity contribution is -0.0862. The van der Waals surface area contributed by atoms with Crippen LogP contribution in [-0.4, -0.2) is 37.9 Å². The summed E-state index contributed by atoms with van der Waals surface area (Å²) in [6.07, 6.45) is 6.51. The fourth-order valence-corrected chi connectivity index (χ4v) is 4.70. The van der Waals surface area contributed by atoms with Crippen LogP contribution < -0.4 is 11.1 Å². The Labute approximate surface area is 156 Å². The van der Waals surface area contributed by atoms with Gasteiger partial charge in [0.1, 0.15) is 18.0 Å². The molecule has 3 aliphatic rings. The normalized spacial score (nSPS) is 26.1. The van der Waals surface area contributed by atoms with Gasteiger partial charge in [-0.3, -0.25) is 19.1 Å². The largest absolute Gasteiger partial charge is 0.468 e. The van der Waals surface area contributed by atoms with Crippen LogP contribution in [0.3, 0.4) is 0 Å².